The number of urea groups is 1. The van der Waals surface area contributed by atoms with Gasteiger partial charge in [-0.2, -0.15) is 0 Å². The summed E-state index contributed by atoms with van der Waals surface area (Å²) in [6.07, 6.45) is 0.639. The lowest BCUT2D eigenvalue weighted by Crippen LogP contribution is -2.30. The standard InChI is InChI=1S/C16H17FN2O2/c1-21-15-5-3-2-4-14(15)19-16(20)18-11-10-12-6-8-13(17)9-7-12/h2-9H,10-11H2,1H3,(H2,18,19,20). The van der Waals surface area contributed by atoms with Crippen LogP contribution >= 0.6 is 0 Å². The van der Waals surface area contributed by atoms with Gasteiger partial charge >= 0.3 is 6.03 Å². The molecule has 0 spiro atoms. The number of hydrogen-bond donors (Lipinski definition) is 2. The molecule has 0 aromatic heterocycles. The van der Waals surface area contributed by atoms with Crippen LogP contribution in [0.2, 0.25) is 0 Å². The van der Waals surface area contributed by atoms with Gasteiger partial charge in [0.1, 0.15) is 11.6 Å². The second-order valence-electron chi connectivity index (χ2n) is 4.46. The van der Waals surface area contributed by atoms with Gasteiger partial charge in [0.05, 0.1) is 12.8 Å². The fourth-order valence-electron chi connectivity index (χ4n) is 1.89. The summed E-state index contributed by atoms with van der Waals surface area (Å²) < 4.78 is 17.9. The van der Waals surface area contributed by atoms with E-state index < -0.39 is 0 Å². The van der Waals surface area contributed by atoms with E-state index in [-0.39, 0.29) is 11.8 Å². The van der Waals surface area contributed by atoms with Gasteiger partial charge in [-0.25, -0.2) is 9.18 Å². The van der Waals surface area contributed by atoms with Gasteiger partial charge in [0.15, 0.2) is 0 Å². The van der Waals surface area contributed by atoms with E-state index in [9.17, 15) is 9.18 Å². The molecular formula is C16H17FN2O2. The van der Waals surface area contributed by atoms with Crippen molar-refractivity contribution < 1.29 is 13.9 Å². The third kappa shape index (κ3) is 4.49. The molecule has 0 fully saturated rings. The molecule has 2 rings (SSSR count). The van der Waals surface area contributed by atoms with E-state index in [0.29, 0.717) is 24.4 Å². The largest absolute Gasteiger partial charge is 0.495 e. The van der Waals surface area contributed by atoms with Gasteiger partial charge in [0, 0.05) is 6.54 Å². The van der Waals surface area contributed by atoms with Crippen molar-refractivity contribution in [2.24, 2.45) is 0 Å². The van der Waals surface area contributed by atoms with Gasteiger partial charge in [-0.05, 0) is 36.2 Å². The molecule has 2 aromatic carbocycles. The number of hydrogen-bond acceptors (Lipinski definition) is 2. The SMILES string of the molecule is COc1ccccc1NC(=O)NCCc1ccc(F)cc1. The van der Waals surface area contributed by atoms with E-state index in [1.54, 1.807) is 31.4 Å². The molecular weight excluding hydrogens is 271 g/mol. The highest BCUT2D eigenvalue weighted by Gasteiger charge is 2.05. The minimum atomic E-state index is -0.304. The first-order chi connectivity index (χ1) is 10.2. The van der Waals surface area contributed by atoms with Crippen molar-refractivity contribution in [1.82, 2.24) is 5.32 Å². The number of amides is 2. The molecule has 2 aromatic rings. The zero-order valence-corrected chi connectivity index (χ0v) is 11.7. The molecule has 110 valence electrons. The Labute approximate surface area is 122 Å². The number of carbonyl (C=O) groups excluding carboxylic acids is 1. The lowest BCUT2D eigenvalue weighted by atomic mass is 10.1. The summed E-state index contributed by atoms with van der Waals surface area (Å²) >= 11 is 0. The van der Waals surface area contributed by atoms with E-state index in [1.807, 2.05) is 12.1 Å². The van der Waals surface area contributed by atoms with E-state index >= 15 is 0 Å². The average Bonchev–Trinajstić information content (AvgIpc) is 2.50. The molecule has 4 nitrogen and oxygen atoms in total. The summed E-state index contributed by atoms with van der Waals surface area (Å²) in [6.45, 7) is 0.465. The number of anilines is 1. The van der Waals surface area contributed by atoms with Crippen LogP contribution in [0.1, 0.15) is 5.56 Å². The Balaban J connectivity index is 1.81. The summed E-state index contributed by atoms with van der Waals surface area (Å²) in [7, 11) is 1.55. The number of halogens is 1. The second kappa shape index (κ2) is 7.28. The zero-order chi connectivity index (χ0) is 15.1. The van der Waals surface area contributed by atoms with E-state index in [2.05, 4.69) is 10.6 Å². The summed E-state index contributed by atoms with van der Waals surface area (Å²) in [6, 6.07) is 13.1. The molecule has 0 aliphatic carbocycles. The van der Waals surface area contributed by atoms with Crippen LogP contribution in [0.25, 0.3) is 0 Å². The molecule has 0 saturated heterocycles. The van der Waals surface area contributed by atoms with Crippen molar-refractivity contribution in [3.63, 3.8) is 0 Å². The lowest BCUT2D eigenvalue weighted by molar-refractivity contribution is 0.252. The monoisotopic (exact) mass is 288 g/mol. The minimum Gasteiger partial charge on any atom is -0.495 e. The van der Waals surface area contributed by atoms with Crippen molar-refractivity contribution in [1.29, 1.82) is 0 Å². The molecule has 2 amide bonds. The van der Waals surface area contributed by atoms with Crippen LogP contribution in [-0.2, 0) is 6.42 Å². The van der Waals surface area contributed by atoms with Crippen LogP contribution in [0.4, 0.5) is 14.9 Å². The number of benzene rings is 2. The maximum Gasteiger partial charge on any atom is 0.319 e. The molecule has 0 heterocycles. The number of nitrogens with one attached hydrogen (secondary N) is 2. The Bertz CT molecular complexity index is 599. The summed E-state index contributed by atoms with van der Waals surface area (Å²) in [4.78, 5) is 11.8. The maximum atomic E-state index is 12.8. The van der Waals surface area contributed by atoms with Gasteiger partial charge in [-0.15, -0.1) is 0 Å². The Kier molecular flexibility index (Phi) is 5.15. The molecule has 0 radical (unpaired) electrons. The lowest BCUT2D eigenvalue weighted by Gasteiger charge is -2.10. The van der Waals surface area contributed by atoms with Crippen molar-refractivity contribution in [3.8, 4) is 5.75 Å². The minimum absolute atomic E-state index is 0.263. The first-order valence-corrected chi connectivity index (χ1v) is 6.61. The van der Waals surface area contributed by atoms with E-state index in [1.165, 1.54) is 12.1 Å². The van der Waals surface area contributed by atoms with Crippen molar-refractivity contribution in [2.45, 2.75) is 6.42 Å². The van der Waals surface area contributed by atoms with E-state index in [0.717, 1.165) is 5.56 Å². The number of methoxy groups -OCH3 is 1. The summed E-state index contributed by atoms with van der Waals surface area (Å²) in [5.74, 6) is 0.340. The molecule has 0 bridgehead atoms. The third-order valence-corrected chi connectivity index (χ3v) is 2.97. The van der Waals surface area contributed by atoms with Gasteiger partial charge in [0.25, 0.3) is 0 Å². The van der Waals surface area contributed by atoms with Gasteiger partial charge < -0.3 is 15.4 Å². The first kappa shape index (κ1) is 14.8. The van der Waals surface area contributed by atoms with Crippen LogP contribution in [-0.4, -0.2) is 19.7 Å². The molecule has 5 heteroatoms. The number of ether oxygens (including phenoxy) is 1. The molecule has 0 atom stereocenters. The van der Waals surface area contributed by atoms with Crippen LogP contribution in [0.15, 0.2) is 48.5 Å². The number of rotatable bonds is 5. The van der Waals surface area contributed by atoms with E-state index in [4.69, 9.17) is 4.74 Å². The Morgan fingerprint density at radius 3 is 2.57 bits per heavy atom. The van der Waals surface area contributed by atoms with Crippen LogP contribution in [0.5, 0.6) is 5.75 Å². The van der Waals surface area contributed by atoms with Crippen LogP contribution < -0.4 is 15.4 Å². The predicted molar refractivity (Wildman–Crippen MR) is 80.1 cm³/mol. The Morgan fingerprint density at radius 1 is 1.14 bits per heavy atom. The number of carbonyl (C=O) groups is 1. The molecule has 0 saturated carbocycles. The Morgan fingerprint density at radius 2 is 1.86 bits per heavy atom. The molecule has 21 heavy (non-hydrogen) atoms. The van der Waals surface area contributed by atoms with Gasteiger partial charge in [-0.3, -0.25) is 0 Å². The molecule has 0 unspecified atom stereocenters. The molecule has 2 N–H and O–H groups in total. The highest BCUT2D eigenvalue weighted by molar-refractivity contribution is 5.90. The Hall–Kier alpha value is -2.56. The zero-order valence-electron chi connectivity index (χ0n) is 11.7. The highest BCUT2D eigenvalue weighted by atomic mass is 19.1. The average molecular weight is 288 g/mol. The van der Waals surface area contributed by atoms with Crippen molar-refractivity contribution in [2.75, 3.05) is 19.0 Å². The molecule has 0 aliphatic heterocycles. The first-order valence-electron chi connectivity index (χ1n) is 6.61. The fraction of sp³-hybridized carbons (Fsp3) is 0.188. The highest BCUT2D eigenvalue weighted by Crippen LogP contribution is 2.22. The predicted octanol–water partition coefficient (Wildman–Crippen LogP) is 3.20. The smallest absolute Gasteiger partial charge is 0.319 e. The quantitative estimate of drug-likeness (QED) is 0.887. The second-order valence-corrected chi connectivity index (χ2v) is 4.46. The summed E-state index contributed by atoms with van der Waals surface area (Å²) in [5.41, 5.74) is 1.58. The van der Waals surface area contributed by atoms with Gasteiger partial charge in [0.2, 0.25) is 0 Å². The molecule has 0 aliphatic rings. The van der Waals surface area contributed by atoms with Crippen molar-refractivity contribution >= 4 is 11.7 Å². The normalized spacial score (nSPS) is 10.0. The van der Waals surface area contributed by atoms with Gasteiger partial charge in [-0.1, -0.05) is 24.3 Å². The number of para-hydroxylation sites is 2. The van der Waals surface area contributed by atoms with Crippen LogP contribution in [0, 0.1) is 5.82 Å². The summed E-state index contributed by atoms with van der Waals surface area (Å²) in [5, 5.41) is 5.47. The van der Waals surface area contributed by atoms with Crippen LogP contribution in [0.3, 0.4) is 0 Å². The van der Waals surface area contributed by atoms with Crippen molar-refractivity contribution in [3.05, 3.63) is 59.9 Å². The topological polar surface area (TPSA) is 50.4 Å². The maximum absolute atomic E-state index is 12.8. The fourth-order valence-corrected chi connectivity index (χ4v) is 1.89. The third-order valence-electron chi connectivity index (χ3n) is 2.97.